The van der Waals surface area contributed by atoms with Crippen molar-refractivity contribution in [3.05, 3.63) is 47.9 Å². The number of halogens is 1. The highest BCUT2D eigenvalue weighted by atomic mass is 32.1. The lowest BCUT2D eigenvalue weighted by Gasteiger charge is -2.26. The number of aromatic nitrogens is 3. The molecule has 6 nitrogen and oxygen atoms in total. The van der Waals surface area contributed by atoms with E-state index in [1.807, 2.05) is 18.2 Å². The van der Waals surface area contributed by atoms with Gasteiger partial charge in [0.2, 0.25) is 5.95 Å². The van der Waals surface area contributed by atoms with Crippen molar-refractivity contribution in [3.8, 4) is 5.75 Å². The van der Waals surface area contributed by atoms with E-state index in [9.17, 15) is 9.50 Å². The van der Waals surface area contributed by atoms with Crippen molar-refractivity contribution in [2.75, 3.05) is 5.32 Å². The second-order valence-electron chi connectivity index (χ2n) is 7.22. The highest BCUT2D eigenvalue weighted by Crippen LogP contribution is 2.32. The van der Waals surface area contributed by atoms with E-state index < -0.39 is 5.82 Å². The lowest BCUT2D eigenvalue weighted by molar-refractivity contribution is 0.0654. The summed E-state index contributed by atoms with van der Waals surface area (Å²) in [5.41, 5.74) is 4.02. The maximum atomic E-state index is 14.6. The van der Waals surface area contributed by atoms with Crippen molar-refractivity contribution in [2.24, 2.45) is 0 Å². The first kappa shape index (κ1) is 18.2. The summed E-state index contributed by atoms with van der Waals surface area (Å²) in [6.45, 7) is 0. The molecule has 5 rings (SSSR count). The van der Waals surface area contributed by atoms with Crippen LogP contribution >= 0.6 is 11.3 Å². The lowest BCUT2D eigenvalue weighted by Crippen LogP contribution is -2.26. The number of benzene rings is 2. The third kappa shape index (κ3) is 3.73. The Morgan fingerprint density at radius 3 is 2.83 bits per heavy atom. The first-order valence-corrected chi connectivity index (χ1v) is 10.4. The van der Waals surface area contributed by atoms with Gasteiger partial charge in [0.25, 0.3) is 0 Å². The predicted molar refractivity (Wildman–Crippen MR) is 111 cm³/mol. The zero-order chi connectivity index (χ0) is 19.8. The van der Waals surface area contributed by atoms with Crippen LogP contribution in [-0.4, -0.2) is 32.3 Å². The van der Waals surface area contributed by atoms with Crippen molar-refractivity contribution in [1.29, 1.82) is 0 Å². The number of aliphatic hydroxyl groups is 1. The van der Waals surface area contributed by atoms with E-state index in [-0.39, 0.29) is 18.0 Å². The van der Waals surface area contributed by atoms with Gasteiger partial charge in [-0.3, -0.25) is 0 Å². The molecule has 2 aromatic carbocycles. The molecule has 0 bridgehead atoms. The van der Waals surface area contributed by atoms with Gasteiger partial charge in [-0.25, -0.2) is 19.3 Å². The number of rotatable bonds is 4. The van der Waals surface area contributed by atoms with Crippen LogP contribution in [-0.2, 0) is 0 Å². The molecule has 0 aliphatic heterocycles. The van der Waals surface area contributed by atoms with E-state index in [4.69, 9.17) is 4.74 Å². The molecule has 29 heavy (non-hydrogen) atoms. The summed E-state index contributed by atoms with van der Waals surface area (Å²) in [6.07, 6.45) is 3.97. The van der Waals surface area contributed by atoms with E-state index in [1.54, 1.807) is 29.1 Å². The molecular weight excluding hydrogens is 391 g/mol. The van der Waals surface area contributed by atoms with Crippen LogP contribution in [0.3, 0.4) is 0 Å². The van der Waals surface area contributed by atoms with Gasteiger partial charge in [-0.15, -0.1) is 11.3 Å². The summed E-state index contributed by atoms with van der Waals surface area (Å²) in [5.74, 6) is 0.0717. The third-order valence-corrected chi connectivity index (χ3v) is 5.97. The average Bonchev–Trinajstić information content (AvgIpc) is 3.20. The molecule has 1 aliphatic rings. The molecule has 2 aromatic heterocycles. The number of hydrogen-bond donors (Lipinski definition) is 2. The third-order valence-electron chi connectivity index (χ3n) is 5.17. The van der Waals surface area contributed by atoms with Crippen LogP contribution in [0.5, 0.6) is 5.75 Å². The van der Waals surface area contributed by atoms with Crippen LogP contribution in [0.1, 0.15) is 25.7 Å². The number of nitrogens with zero attached hydrogens (tertiary/aromatic N) is 3. The highest BCUT2D eigenvalue weighted by Gasteiger charge is 2.23. The van der Waals surface area contributed by atoms with Gasteiger partial charge >= 0.3 is 0 Å². The molecule has 0 spiro atoms. The van der Waals surface area contributed by atoms with Gasteiger partial charge < -0.3 is 15.2 Å². The van der Waals surface area contributed by atoms with Crippen LogP contribution in [0, 0.1) is 5.82 Å². The topological polar surface area (TPSA) is 80.2 Å². The molecule has 0 saturated heterocycles. The zero-order valence-electron chi connectivity index (χ0n) is 15.5. The lowest BCUT2D eigenvalue weighted by atomic mass is 9.95. The number of fused-ring (bicyclic) bond motifs is 2. The molecule has 2 N–H and O–H groups in total. The maximum absolute atomic E-state index is 14.6. The molecule has 0 radical (unpaired) electrons. The van der Waals surface area contributed by atoms with Gasteiger partial charge in [0.05, 0.1) is 27.9 Å². The number of nitrogens with one attached hydrogen (secondary N) is 1. The van der Waals surface area contributed by atoms with Crippen molar-refractivity contribution < 1.29 is 14.2 Å². The van der Waals surface area contributed by atoms with E-state index >= 15 is 0 Å². The first-order valence-electron chi connectivity index (χ1n) is 9.56. The van der Waals surface area contributed by atoms with E-state index in [0.717, 1.165) is 15.9 Å². The average molecular weight is 410 g/mol. The summed E-state index contributed by atoms with van der Waals surface area (Å²) in [7, 11) is 0. The van der Waals surface area contributed by atoms with Crippen molar-refractivity contribution in [3.63, 3.8) is 0 Å². The van der Waals surface area contributed by atoms with E-state index in [1.165, 1.54) is 6.07 Å². The molecule has 0 amide bonds. The van der Waals surface area contributed by atoms with Gasteiger partial charge in [0.15, 0.2) is 11.6 Å². The minimum Gasteiger partial charge on any atom is -0.485 e. The van der Waals surface area contributed by atoms with Crippen molar-refractivity contribution in [2.45, 2.75) is 37.9 Å². The van der Waals surface area contributed by atoms with E-state index in [2.05, 4.69) is 20.3 Å². The minimum absolute atomic E-state index is 0.126. The van der Waals surface area contributed by atoms with Crippen molar-refractivity contribution >= 4 is 44.1 Å². The van der Waals surface area contributed by atoms with E-state index in [0.29, 0.717) is 42.5 Å². The number of anilines is 2. The summed E-state index contributed by atoms with van der Waals surface area (Å²) in [5, 5.41) is 13.6. The maximum Gasteiger partial charge on any atom is 0.227 e. The second-order valence-corrected chi connectivity index (χ2v) is 8.10. The first-order chi connectivity index (χ1) is 14.2. The molecule has 8 heteroatoms. The van der Waals surface area contributed by atoms with Gasteiger partial charge in [0, 0.05) is 17.3 Å². The Hall–Kier alpha value is -2.84. The summed E-state index contributed by atoms with van der Waals surface area (Å²) in [6, 6.07) is 8.85. The number of aliphatic hydroxyl groups excluding tert-OH is 1. The highest BCUT2D eigenvalue weighted by molar-refractivity contribution is 7.16. The fraction of sp³-hybridized carbons (Fsp3) is 0.286. The number of ether oxygens (including phenoxy) is 1. The smallest absolute Gasteiger partial charge is 0.227 e. The molecule has 4 aromatic rings. The van der Waals surface area contributed by atoms with Crippen LogP contribution in [0.4, 0.5) is 16.0 Å². The predicted octanol–water partition coefficient (Wildman–Crippen LogP) is 4.80. The quantitative estimate of drug-likeness (QED) is 0.503. The fourth-order valence-corrected chi connectivity index (χ4v) is 4.33. The molecule has 1 fully saturated rings. The Kier molecular flexibility index (Phi) is 4.73. The normalized spacial score (nSPS) is 19.5. The number of thiazole rings is 1. The van der Waals surface area contributed by atoms with Gasteiger partial charge in [-0.05, 0) is 56.0 Å². The largest absolute Gasteiger partial charge is 0.485 e. The Morgan fingerprint density at radius 1 is 1.10 bits per heavy atom. The van der Waals surface area contributed by atoms with Crippen LogP contribution in [0.15, 0.2) is 42.0 Å². The second kappa shape index (κ2) is 7.53. The van der Waals surface area contributed by atoms with Crippen LogP contribution in [0.25, 0.3) is 21.1 Å². The summed E-state index contributed by atoms with van der Waals surface area (Å²) >= 11 is 1.56. The van der Waals surface area contributed by atoms with Crippen molar-refractivity contribution in [1.82, 2.24) is 15.0 Å². The van der Waals surface area contributed by atoms with Gasteiger partial charge in [-0.2, -0.15) is 0 Å². The molecule has 1 aliphatic carbocycles. The molecule has 2 heterocycles. The minimum atomic E-state index is -0.445. The number of hydrogen-bond acceptors (Lipinski definition) is 7. The van der Waals surface area contributed by atoms with Gasteiger partial charge in [-0.1, -0.05) is 0 Å². The Morgan fingerprint density at radius 2 is 1.97 bits per heavy atom. The monoisotopic (exact) mass is 410 g/mol. The molecular formula is C21H19FN4O2S. The SMILES string of the molecule is OC1CCC(Oc2c(F)ccc3cnc(Nc4ccc5ncsc5c4)nc23)CC1. The van der Waals surface area contributed by atoms with Gasteiger partial charge in [0.1, 0.15) is 5.52 Å². The molecule has 148 valence electrons. The zero-order valence-corrected chi connectivity index (χ0v) is 16.3. The Bertz CT molecular complexity index is 1170. The summed E-state index contributed by atoms with van der Waals surface area (Å²) in [4.78, 5) is 13.2. The molecule has 1 saturated carbocycles. The molecule has 0 unspecified atom stereocenters. The Labute approximate surface area is 170 Å². The Balaban J connectivity index is 1.46. The standard InChI is InChI=1S/C21H19FN4O2S/c22-16-7-1-12-10-23-21(25-13-2-8-17-18(9-13)29-11-24-17)26-19(12)20(16)28-15-5-3-14(27)4-6-15/h1-2,7-11,14-15,27H,3-6H2,(H,23,25,26). The van der Waals surface area contributed by atoms with Crippen LogP contribution < -0.4 is 10.1 Å². The van der Waals surface area contributed by atoms with Crippen LogP contribution in [0.2, 0.25) is 0 Å². The summed E-state index contributed by atoms with van der Waals surface area (Å²) < 4.78 is 21.6. The molecule has 0 atom stereocenters. The fourth-order valence-electron chi connectivity index (χ4n) is 3.61.